The molecule has 6 heteroatoms. The van der Waals surface area contributed by atoms with Gasteiger partial charge in [-0.1, -0.05) is 0 Å². The van der Waals surface area contributed by atoms with Crippen LogP contribution in [0.5, 0.6) is 5.75 Å². The Labute approximate surface area is 141 Å². The Morgan fingerprint density at radius 2 is 2.12 bits per heavy atom. The number of nitrogens with zero attached hydrogens (tertiary/aromatic N) is 4. The summed E-state index contributed by atoms with van der Waals surface area (Å²) in [5, 5.41) is 13.4. The van der Waals surface area contributed by atoms with Crippen LogP contribution >= 0.6 is 0 Å². The van der Waals surface area contributed by atoms with Gasteiger partial charge >= 0.3 is 0 Å². The summed E-state index contributed by atoms with van der Waals surface area (Å²) in [6.45, 7) is 2.24. The molecule has 1 heterocycles. The molecule has 0 unspecified atom stereocenters. The molecule has 0 spiro atoms. The molecule has 1 aliphatic carbocycles. The fourth-order valence-electron chi connectivity index (χ4n) is 2.68. The summed E-state index contributed by atoms with van der Waals surface area (Å²) in [6, 6.07) is 11.5. The smallest absolute Gasteiger partial charge is 0.276 e. The number of carbonyl (C=O) groups excluding carboxylic acids is 1. The van der Waals surface area contributed by atoms with E-state index in [-0.39, 0.29) is 12.3 Å². The number of amides is 1. The summed E-state index contributed by atoms with van der Waals surface area (Å²) in [5.74, 6) is 0.605. The zero-order valence-corrected chi connectivity index (χ0v) is 13.9. The van der Waals surface area contributed by atoms with Crippen molar-refractivity contribution in [3.8, 4) is 11.8 Å². The molecule has 1 amide bonds. The van der Waals surface area contributed by atoms with E-state index in [9.17, 15) is 4.79 Å². The van der Waals surface area contributed by atoms with Crippen LogP contribution in [0.15, 0.2) is 30.3 Å². The molecular formula is C18H20N4O2. The van der Waals surface area contributed by atoms with E-state index in [1.54, 1.807) is 12.0 Å². The minimum absolute atomic E-state index is 0.122. The number of anilines is 1. The molecule has 6 nitrogen and oxygen atoms in total. The van der Waals surface area contributed by atoms with Crippen molar-refractivity contribution in [1.82, 2.24) is 9.78 Å². The normalized spacial score (nSPS) is 13.4. The number of nitriles is 1. The van der Waals surface area contributed by atoms with Gasteiger partial charge < -0.3 is 9.64 Å². The molecule has 1 aromatic heterocycles. The summed E-state index contributed by atoms with van der Waals surface area (Å²) >= 11 is 0. The highest BCUT2D eigenvalue weighted by molar-refractivity contribution is 6.05. The molecule has 0 N–H and O–H groups in total. The zero-order chi connectivity index (χ0) is 17.1. The van der Waals surface area contributed by atoms with Crippen LogP contribution in [0.25, 0.3) is 0 Å². The maximum absolute atomic E-state index is 13.1. The minimum Gasteiger partial charge on any atom is -0.497 e. The van der Waals surface area contributed by atoms with Gasteiger partial charge in [0.05, 0.1) is 31.3 Å². The Morgan fingerprint density at radius 3 is 2.71 bits per heavy atom. The molecular weight excluding hydrogens is 304 g/mol. The van der Waals surface area contributed by atoms with E-state index >= 15 is 0 Å². The topological polar surface area (TPSA) is 71.2 Å². The first-order valence-corrected chi connectivity index (χ1v) is 8.03. The van der Waals surface area contributed by atoms with Crippen molar-refractivity contribution >= 4 is 11.6 Å². The van der Waals surface area contributed by atoms with Gasteiger partial charge in [0, 0.05) is 12.2 Å². The molecule has 2 aromatic rings. The molecule has 24 heavy (non-hydrogen) atoms. The number of rotatable bonds is 6. The third-order valence-electron chi connectivity index (χ3n) is 4.05. The second-order valence-corrected chi connectivity index (χ2v) is 5.91. The number of aromatic nitrogens is 2. The first-order valence-electron chi connectivity index (χ1n) is 8.03. The van der Waals surface area contributed by atoms with Gasteiger partial charge in [0.1, 0.15) is 11.4 Å². The van der Waals surface area contributed by atoms with Gasteiger partial charge in [-0.3, -0.25) is 9.48 Å². The fourth-order valence-corrected chi connectivity index (χ4v) is 2.68. The standard InChI is InChI=1S/C18H20N4O2/c1-13-12-17(22(20-13)15-4-5-15)18(23)21(11-3-10-19)14-6-8-16(24-2)9-7-14/h6-9,12,15H,3-5,11H2,1-2H3. The number of carbonyl (C=O) groups is 1. The Bertz CT molecular complexity index is 769. The van der Waals surface area contributed by atoms with Crippen molar-refractivity contribution in [3.05, 3.63) is 41.7 Å². The minimum atomic E-state index is -0.122. The number of aryl methyl sites for hydroxylation is 1. The fraction of sp³-hybridized carbons (Fsp3) is 0.389. The molecule has 0 atom stereocenters. The van der Waals surface area contributed by atoms with Gasteiger partial charge in [-0.15, -0.1) is 0 Å². The number of hydrogen-bond acceptors (Lipinski definition) is 4. The zero-order valence-electron chi connectivity index (χ0n) is 13.9. The lowest BCUT2D eigenvalue weighted by Gasteiger charge is -2.22. The maximum Gasteiger partial charge on any atom is 0.276 e. The van der Waals surface area contributed by atoms with E-state index in [0.29, 0.717) is 18.3 Å². The molecule has 0 aliphatic heterocycles. The highest BCUT2D eigenvalue weighted by Gasteiger charge is 2.31. The van der Waals surface area contributed by atoms with E-state index in [1.807, 2.05) is 41.9 Å². The maximum atomic E-state index is 13.1. The van der Waals surface area contributed by atoms with Crippen LogP contribution in [0.4, 0.5) is 5.69 Å². The predicted octanol–water partition coefficient (Wildman–Crippen LogP) is 3.10. The number of benzene rings is 1. The van der Waals surface area contributed by atoms with Crippen LogP contribution in [0.3, 0.4) is 0 Å². The van der Waals surface area contributed by atoms with Crippen LogP contribution in [0, 0.1) is 18.3 Å². The largest absolute Gasteiger partial charge is 0.497 e. The summed E-state index contributed by atoms with van der Waals surface area (Å²) in [7, 11) is 1.60. The summed E-state index contributed by atoms with van der Waals surface area (Å²) in [6.07, 6.45) is 2.39. The Hall–Kier alpha value is -2.81. The first kappa shape index (κ1) is 16.1. The quantitative estimate of drug-likeness (QED) is 0.818. The number of ether oxygens (including phenoxy) is 1. The number of hydrogen-bond donors (Lipinski definition) is 0. The average molecular weight is 324 g/mol. The summed E-state index contributed by atoms with van der Waals surface area (Å²) < 4.78 is 7.00. The molecule has 124 valence electrons. The molecule has 1 fully saturated rings. The second kappa shape index (κ2) is 6.75. The van der Waals surface area contributed by atoms with Crippen LogP contribution in [0.2, 0.25) is 0 Å². The Morgan fingerprint density at radius 1 is 1.42 bits per heavy atom. The Kier molecular flexibility index (Phi) is 4.52. The molecule has 1 saturated carbocycles. The Balaban J connectivity index is 1.92. The van der Waals surface area contributed by atoms with Crippen LogP contribution in [0.1, 0.15) is 41.5 Å². The lowest BCUT2D eigenvalue weighted by Crippen LogP contribution is -2.33. The SMILES string of the molecule is COc1ccc(N(CCC#N)C(=O)c2cc(C)nn2C2CC2)cc1. The highest BCUT2D eigenvalue weighted by Crippen LogP contribution is 2.36. The third kappa shape index (κ3) is 3.25. The van der Waals surface area contributed by atoms with Crippen molar-refractivity contribution in [2.45, 2.75) is 32.2 Å². The van der Waals surface area contributed by atoms with Gasteiger partial charge in [-0.25, -0.2) is 0 Å². The van der Waals surface area contributed by atoms with Crippen molar-refractivity contribution in [1.29, 1.82) is 5.26 Å². The predicted molar refractivity (Wildman–Crippen MR) is 90.1 cm³/mol. The molecule has 1 aliphatic rings. The van der Waals surface area contributed by atoms with Crippen LogP contribution in [-0.4, -0.2) is 29.3 Å². The molecule has 0 bridgehead atoms. The van der Waals surface area contributed by atoms with E-state index in [2.05, 4.69) is 11.2 Å². The molecule has 0 radical (unpaired) electrons. The van der Waals surface area contributed by atoms with Gasteiger partial charge in [0.25, 0.3) is 5.91 Å². The van der Waals surface area contributed by atoms with E-state index in [4.69, 9.17) is 10.00 Å². The van der Waals surface area contributed by atoms with Crippen molar-refractivity contribution < 1.29 is 9.53 Å². The first-order chi connectivity index (χ1) is 11.6. The summed E-state index contributed by atoms with van der Waals surface area (Å²) in [4.78, 5) is 14.7. The third-order valence-corrected chi connectivity index (χ3v) is 4.05. The number of methoxy groups -OCH3 is 1. The monoisotopic (exact) mass is 324 g/mol. The van der Waals surface area contributed by atoms with Gasteiger partial charge in [0.15, 0.2) is 0 Å². The van der Waals surface area contributed by atoms with E-state index in [0.717, 1.165) is 30.0 Å². The molecule has 0 saturated heterocycles. The van der Waals surface area contributed by atoms with Crippen molar-refractivity contribution in [3.63, 3.8) is 0 Å². The van der Waals surface area contributed by atoms with Crippen LogP contribution < -0.4 is 9.64 Å². The second-order valence-electron chi connectivity index (χ2n) is 5.91. The van der Waals surface area contributed by atoms with Gasteiger partial charge in [-0.05, 0) is 50.1 Å². The summed E-state index contributed by atoms with van der Waals surface area (Å²) in [5.41, 5.74) is 2.17. The van der Waals surface area contributed by atoms with Gasteiger partial charge in [-0.2, -0.15) is 10.4 Å². The lowest BCUT2D eigenvalue weighted by atomic mass is 10.2. The van der Waals surface area contributed by atoms with Gasteiger partial charge in [0.2, 0.25) is 0 Å². The van der Waals surface area contributed by atoms with E-state index in [1.165, 1.54) is 0 Å². The average Bonchev–Trinajstić information content (AvgIpc) is 3.37. The highest BCUT2D eigenvalue weighted by atomic mass is 16.5. The van der Waals surface area contributed by atoms with Crippen molar-refractivity contribution in [2.24, 2.45) is 0 Å². The van der Waals surface area contributed by atoms with Crippen molar-refractivity contribution in [2.75, 3.05) is 18.6 Å². The van der Waals surface area contributed by atoms with Crippen LogP contribution in [-0.2, 0) is 0 Å². The molecule has 3 rings (SSSR count). The molecule has 1 aromatic carbocycles. The van der Waals surface area contributed by atoms with E-state index < -0.39 is 0 Å². The lowest BCUT2D eigenvalue weighted by molar-refractivity contribution is 0.0977.